The van der Waals surface area contributed by atoms with Gasteiger partial charge in [-0.1, -0.05) is 42.5 Å². The summed E-state index contributed by atoms with van der Waals surface area (Å²) in [5.74, 6) is 0.337. The molecule has 0 saturated carbocycles. The first kappa shape index (κ1) is 15.1. The number of ether oxygens (including phenoxy) is 1. The number of cyclic esters (lactones) is 1. The first-order valence-corrected chi connectivity index (χ1v) is 7.57. The van der Waals surface area contributed by atoms with Gasteiger partial charge in [-0.25, -0.2) is 4.79 Å². The van der Waals surface area contributed by atoms with Gasteiger partial charge in [0.15, 0.2) is 0 Å². The summed E-state index contributed by atoms with van der Waals surface area (Å²) < 4.78 is 5.35. The quantitative estimate of drug-likeness (QED) is 0.804. The normalized spacial score (nSPS) is 15.5. The number of benzene rings is 2. The highest BCUT2D eigenvalue weighted by atomic mass is 16.5. The number of anilines is 1. The van der Waals surface area contributed by atoms with Crippen LogP contribution >= 0.6 is 0 Å². The fourth-order valence-electron chi connectivity index (χ4n) is 2.48. The van der Waals surface area contributed by atoms with Crippen LogP contribution in [0.15, 0.2) is 72.0 Å². The van der Waals surface area contributed by atoms with Crippen molar-refractivity contribution in [2.75, 3.05) is 19.0 Å². The fourth-order valence-corrected chi connectivity index (χ4v) is 2.48. The van der Waals surface area contributed by atoms with Crippen molar-refractivity contribution in [3.63, 3.8) is 0 Å². The Morgan fingerprint density at radius 1 is 1.00 bits per heavy atom. The SMILES string of the molecule is CN(C)c1ccc(/C=C2/C=C(Cc3ccccc3)C(=O)O2)cc1. The van der Waals surface area contributed by atoms with Gasteiger partial charge in [-0.05, 0) is 35.4 Å². The molecule has 2 aromatic rings. The Kier molecular flexibility index (Phi) is 4.29. The van der Waals surface area contributed by atoms with Gasteiger partial charge in [0.1, 0.15) is 5.76 Å². The highest BCUT2D eigenvalue weighted by Crippen LogP contribution is 2.23. The van der Waals surface area contributed by atoms with E-state index < -0.39 is 0 Å². The minimum Gasteiger partial charge on any atom is -0.423 e. The molecule has 0 N–H and O–H groups in total. The molecule has 0 bridgehead atoms. The summed E-state index contributed by atoms with van der Waals surface area (Å²) in [6.45, 7) is 0. The van der Waals surface area contributed by atoms with Crippen LogP contribution in [-0.4, -0.2) is 20.1 Å². The average molecular weight is 305 g/mol. The van der Waals surface area contributed by atoms with Crippen molar-refractivity contribution in [1.29, 1.82) is 0 Å². The molecule has 0 radical (unpaired) electrons. The summed E-state index contributed by atoms with van der Waals surface area (Å²) in [4.78, 5) is 14.0. The maximum absolute atomic E-state index is 12.0. The van der Waals surface area contributed by atoms with Crippen LogP contribution in [0.3, 0.4) is 0 Å². The van der Waals surface area contributed by atoms with Crippen LogP contribution in [0.2, 0.25) is 0 Å². The lowest BCUT2D eigenvalue weighted by atomic mass is 10.1. The van der Waals surface area contributed by atoms with E-state index in [0.29, 0.717) is 17.8 Å². The minimum atomic E-state index is -0.259. The summed E-state index contributed by atoms with van der Waals surface area (Å²) >= 11 is 0. The molecule has 3 heteroatoms. The first-order chi connectivity index (χ1) is 11.1. The zero-order valence-electron chi connectivity index (χ0n) is 13.3. The second kappa shape index (κ2) is 6.53. The van der Waals surface area contributed by atoms with Crippen LogP contribution in [0, 0.1) is 0 Å². The summed E-state index contributed by atoms with van der Waals surface area (Å²) in [6.07, 6.45) is 4.31. The third-order valence-corrected chi connectivity index (χ3v) is 3.75. The Bertz CT molecular complexity index is 756. The van der Waals surface area contributed by atoms with E-state index >= 15 is 0 Å². The number of carbonyl (C=O) groups is 1. The molecule has 3 nitrogen and oxygen atoms in total. The molecular formula is C20H19NO2. The van der Waals surface area contributed by atoms with Gasteiger partial charge in [-0.2, -0.15) is 0 Å². The Labute approximate surface area is 136 Å². The molecule has 1 aliphatic heterocycles. The number of allylic oxidation sites excluding steroid dienone is 1. The van der Waals surface area contributed by atoms with Gasteiger partial charge in [0.05, 0.1) is 0 Å². The molecule has 3 rings (SSSR count). The smallest absolute Gasteiger partial charge is 0.339 e. The van der Waals surface area contributed by atoms with Gasteiger partial charge in [0.2, 0.25) is 0 Å². The van der Waals surface area contributed by atoms with Crippen LogP contribution in [0.1, 0.15) is 11.1 Å². The molecule has 116 valence electrons. The second-order valence-electron chi connectivity index (χ2n) is 5.75. The van der Waals surface area contributed by atoms with E-state index in [0.717, 1.165) is 16.8 Å². The Morgan fingerprint density at radius 3 is 2.35 bits per heavy atom. The van der Waals surface area contributed by atoms with Crippen molar-refractivity contribution >= 4 is 17.7 Å². The summed E-state index contributed by atoms with van der Waals surface area (Å²) in [5, 5.41) is 0. The highest BCUT2D eigenvalue weighted by Gasteiger charge is 2.21. The summed E-state index contributed by atoms with van der Waals surface area (Å²) in [5.41, 5.74) is 3.94. The van der Waals surface area contributed by atoms with Gasteiger partial charge in [-0.15, -0.1) is 0 Å². The maximum atomic E-state index is 12.0. The molecule has 0 aromatic heterocycles. The van der Waals surface area contributed by atoms with E-state index in [4.69, 9.17) is 4.74 Å². The molecule has 2 aromatic carbocycles. The lowest BCUT2D eigenvalue weighted by Crippen LogP contribution is -2.07. The molecule has 0 aliphatic carbocycles. The topological polar surface area (TPSA) is 29.5 Å². The summed E-state index contributed by atoms with van der Waals surface area (Å²) in [6, 6.07) is 18.0. The Morgan fingerprint density at radius 2 is 1.70 bits per heavy atom. The standard InChI is InChI=1S/C20H19NO2/c1-21(2)18-10-8-16(9-11-18)13-19-14-17(20(22)23-19)12-15-6-4-3-5-7-15/h3-11,13-14H,12H2,1-2H3/b19-13-. The fraction of sp³-hybridized carbons (Fsp3) is 0.150. The summed E-state index contributed by atoms with van der Waals surface area (Å²) in [7, 11) is 4.01. The maximum Gasteiger partial charge on any atom is 0.339 e. The van der Waals surface area contributed by atoms with E-state index in [2.05, 4.69) is 0 Å². The van der Waals surface area contributed by atoms with E-state index in [1.807, 2.05) is 85.7 Å². The Balaban J connectivity index is 1.77. The van der Waals surface area contributed by atoms with Gasteiger partial charge in [-0.3, -0.25) is 0 Å². The van der Waals surface area contributed by atoms with Crippen LogP contribution < -0.4 is 4.90 Å². The number of rotatable bonds is 4. The van der Waals surface area contributed by atoms with Crippen LogP contribution in [-0.2, 0) is 16.0 Å². The predicted molar refractivity (Wildman–Crippen MR) is 93.1 cm³/mol. The van der Waals surface area contributed by atoms with Crippen molar-refractivity contribution in [2.45, 2.75) is 6.42 Å². The van der Waals surface area contributed by atoms with Gasteiger partial charge in [0.25, 0.3) is 0 Å². The molecule has 0 fully saturated rings. The predicted octanol–water partition coefficient (Wildman–Crippen LogP) is 3.82. The van der Waals surface area contributed by atoms with Crippen molar-refractivity contribution in [1.82, 2.24) is 0 Å². The van der Waals surface area contributed by atoms with E-state index in [9.17, 15) is 4.79 Å². The van der Waals surface area contributed by atoms with Gasteiger partial charge < -0.3 is 9.64 Å². The molecule has 23 heavy (non-hydrogen) atoms. The number of nitrogens with zero attached hydrogens (tertiary/aromatic N) is 1. The molecule has 0 spiro atoms. The molecular weight excluding hydrogens is 286 g/mol. The second-order valence-corrected chi connectivity index (χ2v) is 5.75. The van der Waals surface area contributed by atoms with Gasteiger partial charge >= 0.3 is 5.97 Å². The largest absolute Gasteiger partial charge is 0.423 e. The number of hydrogen-bond donors (Lipinski definition) is 0. The van der Waals surface area contributed by atoms with Crippen LogP contribution in [0.4, 0.5) is 5.69 Å². The first-order valence-electron chi connectivity index (χ1n) is 7.57. The zero-order chi connectivity index (χ0) is 16.2. The number of hydrogen-bond acceptors (Lipinski definition) is 3. The van der Waals surface area contributed by atoms with E-state index in [1.165, 1.54) is 0 Å². The molecule has 1 aliphatic rings. The molecule has 0 amide bonds. The van der Waals surface area contributed by atoms with Crippen molar-refractivity contribution in [3.05, 3.63) is 83.1 Å². The molecule has 0 atom stereocenters. The zero-order valence-corrected chi connectivity index (χ0v) is 13.3. The average Bonchev–Trinajstić information content (AvgIpc) is 2.88. The third-order valence-electron chi connectivity index (χ3n) is 3.75. The van der Waals surface area contributed by atoms with Crippen LogP contribution in [0.5, 0.6) is 0 Å². The van der Waals surface area contributed by atoms with Crippen molar-refractivity contribution in [2.24, 2.45) is 0 Å². The highest BCUT2D eigenvalue weighted by molar-refractivity contribution is 5.94. The molecule has 0 saturated heterocycles. The Hall–Kier alpha value is -2.81. The number of esters is 1. The lowest BCUT2D eigenvalue weighted by Gasteiger charge is -2.11. The van der Waals surface area contributed by atoms with Gasteiger partial charge in [0, 0.05) is 31.8 Å². The molecule has 0 unspecified atom stereocenters. The monoisotopic (exact) mass is 305 g/mol. The van der Waals surface area contributed by atoms with Crippen molar-refractivity contribution < 1.29 is 9.53 Å². The molecule has 1 heterocycles. The lowest BCUT2D eigenvalue weighted by molar-refractivity contribution is -0.133. The van der Waals surface area contributed by atoms with E-state index in [-0.39, 0.29) is 5.97 Å². The minimum absolute atomic E-state index is 0.259. The number of carbonyl (C=O) groups excluding carboxylic acids is 1. The van der Waals surface area contributed by atoms with Crippen molar-refractivity contribution in [3.8, 4) is 0 Å². The van der Waals surface area contributed by atoms with E-state index in [1.54, 1.807) is 0 Å². The van der Waals surface area contributed by atoms with Crippen LogP contribution in [0.25, 0.3) is 6.08 Å². The third kappa shape index (κ3) is 3.69.